The zero-order chi connectivity index (χ0) is 21.8. The summed E-state index contributed by atoms with van der Waals surface area (Å²) in [4.78, 5) is 23.1. The van der Waals surface area contributed by atoms with Crippen LogP contribution >= 0.6 is 0 Å². The molecule has 0 unspecified atom stereocenters. The van der Waals surface area contributed by atoms with E-state index in [9.17, 15) is 31.2 Å². The zero-order valence-electron chi connectivity index (χ0n) is 15.6. The number of hydrogen-bond donors (Lipinski definition) is 2. The predicted octanol–water partition coefficient (Wildman–Crippen LogP) is 3.77. The van der Waals surface area contributed by atoms with Crippen molar-refractivity contribution < 1.29 is 31.2 Å². The third-order valence-electron chi connectivity index (χ3n) is 3.90. The minimum atomic E-state index is -4.79. The number of carbonyl (C=O) groups excluding carboxylic acids is 2. The number of hydrogen-bond acceptors (Lipinski definition) is 4. The number of rotatable bonds is 6. The number of alkyl halides is 3. The predicted molar refractivity (Wildman–Crippen MR) is 102 cm³/mol. The van der Waals surface area contributed by atoms with E-state index >= 15 is 0 Å². The maximum absolute atomic E-state index is 13.3. The topological polar surface area (TPSA) is 92.3 Å². The number of aryl methyl sites for hydroxylation is 1. The van der Waals surface area contributed by atoms with Crippen molar-refractivity contribution in [1.29, 1.82) is 0 Å². The Morgan fingerprint density at radius 2 is 1.62 bits per heavy atom. The molecular formula is C19H19F3N2O4S. The monoisotopic (exact) mass is 428 g/mol. The van der Waals surface area contributed by atoms with Crippen LogP contribution in [0.15, 0.2) is 47.4 Å². The van der Waals surface area contributed by atoms with Gasteiger partial charge in [0, 0.05) is 19.0 Å². The number of sulfone groups is 1. The lowest BCUT2D eigenvalue weighted by Crippen LogP contribution is -2.20. The van der Waals surface area contributed by atoms with Gasteiger partial charge in [0.25, 0.3) is 0 Å². The average molecular weight is 428 g/mol. The van der Waals surface area contributed by atoms with Crippen LogP contribution < -0.4 is 10.6 Å². The Morgan fingerprint density at radius 1 is 1.00 bits per heavy atom. The van der Waals surface area contributed by atoms with Crippen LogP contribution in [0, 0.1) is 6.92 Å². The Labute approximate surface area is 166 Å². The molecule has 0 aromatic heterocycles. The van der Waals surface area contributed by atoms with Gasteiger partial charge in [-0.1, -0.05) is 17.7 Å². The summed E-state index contributed by atoms with van der Waals surface area (Å²) in [6, 6.07) is 8.93. The van der Waals surface area contributed by atoms with Crippen molar-refractivity contribution in [2.45, 2.75) is 31.3 Å². The molecule has 2 amide bonds. The summed E-state index contributed by atoms with van der Waals surface area (Å²) in [5.41, 5.74) is -0.892. The molecule has 2 N–H and O–H groups in total. The molecular weight excluding hydrogens is 409 g/mol. The molecule has 0 bridgehead atoms. The molecule has 2 aromatic carbocycles. The van der Waals surface area contributed by atoms with E-state index in [1.165, 1.54) is 18.2 Å². The Bertz CT molecular complexity index is 1020. The second-order valence-corrected chi connectivity index (χ2v) is 8.48. The zero-order valence-corrected chi connectivity index (χ0v) is 16.4. The Balaban J connectivity index is 2.13. The van der Waals surface area contributed by atoms with Gasteiger partial charge in [0.1, 0.15) is 0 Å². The van der Waals surface area contributed by atoms with Crippen LogP contribution in [0.1, 0.15) is 24.5 Å². The van der Waals surface area contributed by atoms with Crippen LogP contribution in [0.2, 0.25) is 0 Å². The first-order chi connectivity index (χ1) is 13.4. The van der Waals surface area contributed by atoms with E-state index in [1.54, 1.807) is 19.1 Å². The first kappa shape index (κ1) is 22.4. The van der Waals surface area contributed by atoms with E-state index in [0.29, 0.717) is 6.07 Å². The SMILES string of the molecule is CC(=O)Nc1ccc(NC(=O)CCS(=O)(=O)c2ccc(C)cc2)c(C(F)(F)F)c1. The molecule has 156 valence electrons. The lowest BCUT2D eigenvalue weighted by atomic mass is 10.1. The highest BCUT2D eigenvalue weighted by Crippen LogP contribution is 2.36. The molecule has 0 radical (unpaired) electrons. The summed E-state index contributed by atoms with van der Waals surface area (Å²) in [5.74, 6) is -1.97. The largest absolute Gasteiger partial charge is 0.418 e. The summed E-state index contributed by atoms with van der Waals surface area (Å²) in [7, 11) is -3.75. The van der Waals surface area contributed by atoms with Crippen molar-refractivity contribution in [2.24, 2.45) is 0 Å². The van der Waals surface area contributed by atoms with Crippen molar-refractivity contribution in [2.75, 3.05) is 16.4 Å². The van der Waals surface area contributed by atoms with Gasteiger partial charge in [0.2, 0.25) is 11.8 Å². The van der Waals surface area contributed by atoms with Crippen molar-refractivity contribution in [3.8, 4) is 0 Å². The molecule has 0 spiro atoms. The van der Waals surface area contributed by atoms with Crippen LogP contribution in [-0.2, 0) is 25.6 Å². The van der Waals surface area contributed by atoms with Gasteiger partial charge in [0.05, 0.1) is 21.9 Å². The van der Waals surface area contributed by atoms with Crippen molar-refractivity contribution in [3.63, 3.8) is 0 Å². The highest BCUT2D eigenvalue weighted by molar-refractivity contribution is 7.91. The van der Waals surface area contributed by atoms with E-state index in [1.807, 2.05) is 0 Å². The van der Waals surface area contributed by atoms with Gasteiger partial charge in [-0.3, -0.25) is 9.59 Å². The molecule has 0 saturated carbocycles. The average Bonchev–Trinajstić information content (AvgIpc) is 2.60. The fourth-order valence-electron chi connectivity index (χ4n) is 2.47. The van der Waals surface area contributed by atoms with E-state index < -0.39 is 51.3 Å². The standard InChI is InChI=1S/C19H19F3N2O4S/c1-12-3-6-15(7-4-12)29(27,28)10-9-18(26)24-17-8-5-14(23-13(2)25)11-16(17)19(20,21)22/h3-8,11H,9-10H2,1-2H3,(H,23,25)(H,24,26). The van der Waals surface area contributed by atoms with Gasteiger partial charge in [-0.05, 0) is 37.3 Å². The van der Waals surface area contributed by atoms with E-state index in [-0.39, 0.29) is 10.6 Å². The van der Waals surface area contributed by atoms with Crippen molar-refractivity contribution in [3.05, 3.63) is 53.6 Å². The highest BCUT2D eigenvalue weighted by Gasteiger charge is 2.34. The Kier molecular flexibility index (Phi) is 6.68. The van der Waals surface area contributed by atoms with Crippen molar-refractivity contribution in [1.82, 2.24) is 0 Å². The minimum absolute atomic E-state index is 0.0338. The molecule has 0 saturated heterocycles. The summed E-state index contributed by atoms with van der Waals surface area (Å²) in [6.07, 6.45) is -5.30. The fraction of sp³-hybridized carbons (Fsp3) is 0.263. The quantitative estimate of drug-likeness (QED) is 0.733. The first-order valence-electron chi connectivity index (χ1n) is 8.46. The fourth-order valence-corrected chi connectivity index (χ4v) is 3.71. The molecule has 6 nitrogen and oxygen atoms in total. The molecule has 2 aromatic rings. The van der Waals surface area contributed by atoms with Crippen LogP contribution in [0.5, 0.6) is 0 Å². The molecule has 0 aliphatic heterocycles. The van der Waals surface area contributed by atoms with Crippen molar-refractivity contribution >= 4 is 33.0 Å². The second kappa shape index (κ2) is 8.64. The van der Waals surface area contributed by atoms with Crippen LogP contribution in [0.3, 0.4) is 0 Å². The van der Waals surface area contributed by atoms with Gasteiger partial charge >= 0.3 is 6.18 Å². The number of halogens is 3. The summed E-state index contributed by atoms with van der Waals surface area (Å²) < 4.78 is 64.4. The van der Waals surface area contributed by atoms with Crippen LogP contribution in [0.4, 0.5) is 24.5 Å². The van der Waals surface area contributed by atoms with Gasteiger partial charge in [-0.15, -0.1) is 0 Å². The van der Waals surface area contributed by atoms with Gasteiger partial charge in [0.15, 0.2) is 9.84 Å². The minimum Gasteiger partial charge on any atom is -0.326 e. The first-order valence-corrected chi connectivity index (χ1v) is 10.1. The molecule has 2 rings (SSSR count). The molecule has 29 heavy (non-hydrogen) atoms. The maximum atomic E-state index is 13.3. The lowest BCUT2D eigenvalue weighted by molar-refractivity contribution is -0.137. The third-order valence-corrected chi connectivity index (χ3v) is 5.63. The highest BCUT2D eigenvalue weighted by atomic mass is 32.2. The smallest absolute Gasteiger partial charge is 0.326 e. The third kappa shape index (κ3) is 6.31. The summed E-state index contributed by atoms with van der Waals surface area (Å²) in [5, 5.41) is 4.33. The van der Waals surface area contributed by atoms with Gasteiger partial charge < -0.3 is 10.6 Å². The van der Waals surface area contributed by atoms with E-state index in [0.717, 1.165) is 18.6 Å². The molecule has 0 atom stereocenters. The number of carbonyl (C=O) groups is 2. The molecule has 0 heterocycles. The summed E-state index contributed by atoms with van der Waals surface area (Å²) in [6.45, 7) is 2.94. The molecule has 10 heteroatoms. The van der Waals surface area contributed by atoms with Gasteiger partial charge in [-0.25, -0.2) is 8.42 Å². The Morgan fingerprint density at radius 3 is 2.17 bits per heavy atom. The second-order valence-electron chi connectivity index (χ2n) is 6.37. The number of benzene rings is 2. The number of anilines is 2. The molecule has 0 aliphatic carbocycles. The van der Waals surface area contributed by atoms with E-state index in [2.05, 4.69) is 10.6 Å². The number of amides is 2. The number of nitrogens with one attached hydrogen (secondary N) is 2. The van der Waals surface area contributed by atoms with Gasteiger partial charge in [-0.2, -0.15) is 13.2 Å². The van der Waals surface area contributed by atoms with E-state index in [4.69, 9.17) is 0 Å². The maximum Gasteiger partial charge on any atom is 0.418 e. The Hall–Kier alpha value is -2.88. The molecule has 0 aliphatic rings. The normalized spacial score (nSPS) is 11.8. The van der Waals surface area contributed by atoms with Crippen LogP contribution in [-0.4, -0.2) is 26.0 Å². The van der Waals surface area contributed by atoms with Crippen LogP contribution in [0.25, 0.3) is 0 Å². The summed E-state index contributed by atoms with van der Waals surface area (Å²) >= 11 is 0. The molecule has 0 fully saturated rings. The lowest BCUT2D eigenvalue weighted by Gasteiger charge is -2.15.